The van der Waals surface area contributed by atoms with Crippen LogP contribution in [0.25, 0.3) is 11.3 Å². The normalized spacial score (nSPS) is 10.0. The van der Waals surface area contributed by atoms with Gasteiger partial charge in [0.1, 0.15) is 5.69 Å². The fourth-order valence-electron chi connectivity index (χ4n) is 1.14. The highest BCUT2D eigenvalue weighted by molar-refractivity contribution is 5.56. The van der Waals surface area contributed by atoms with E-state index < -0.39 is 0 Å². The third-order valence-electron chi connectivity index (χ3n) is 1.82. The maximum atomic E-state index is 9.19. The molecule has 1 heterocycles. The van der Waals surface area contributed by atoms with E-state index in [1.54, 1.807) is 0 Å². The maximum absolute atomic E-state index is 9.19. The van der Waals surface area contributed by atoms with Gasteiger partial charge in [-0.25, -0.2) is 0 Å². The summed E-state index contributed by atoms with van der Waals surface area (Å²) in [5.41, 5.74) is 1.04. The van der Waals surface area contributed by atoms with E-state index in [0.717, 1.165) is 11.9 Å². The first-order chi connectivity index (χ1) is 6.79. The van der Waals surface area contributed by atoms with Crippen molar-refractivity contribution in [2.75, 3.05) is 0 Å². The van der Waals surface area contributed by atoms with Crippen LogP contribution in [0.1, 0.15) is 0 Å². The minimum atomic E-state index is -0.0776. The van der Waals surface area contributed by atoms with E-state index >= 15 is 0 Å². The Balaban J connectivity index is 2.64. The van der Waals surface area contributed by atoms with Crippen LogP contribution in [0.4, 0.5) is 0 Å². The highest BCUT2D eigenvalue weighted by Gasteiger charge is 2.03. The molecule has 0 radical (unpaired) electrons. The van der Waals surface area contributed by atoms with E-state index in [1.807, 2.05) is 30.3 Å². The Labute approximate surface area is 79.8 Å². The molecule has 5 heteroatoms. The number of hydrogen-bond acceptors (Lipinski definition) is 4. The number of nitrogens with one attached hydrogen (secondary N) is 1. The summed E-state index contributed by atoms with van der Waals surface area (Å²) in [7, 11) is 0. The summed E-state index contributed by atoms with van der Waals surface area (Å²) in [4.78, 5) is 0. The summed E-state index contributed by atoms with van der Waals surface area (Å²) < 4.78 is 0.634. The molecule has 0 saturated carbocycles. The second-order valence-corrected chi connectivity index (χ2v) is 2.74. The Morgan fingerprint density at radius 2 is 1.93 bits per heavy atom. The molecule has 0 bridgehead atoms. The molecule has 0 spiro atoms. The summed E-state index contributed by atoms with van der Waals surface area (Å²) in [6.07, 6.45) is 1.08. The van der Waals surface area contributed by atoms with Crippen molar-refractivity contribution >= 4 is 0 Å². The van der Waals surface area contributed by atoms with Crippen molar-refractivity contribution in [3.8, 4) is 11.3 Å². The van der Waals surface area contributed by atoms with Gasteiger partial charge in [0.25, 0.3) is 0 Å². The summed E-state index contributed by atoms with van der Waals surface area (Å²) in [5, 5.41) is 24.1. The van der Waals surface area contributed by atoms with Crippen molar-refractivity contribution in [3.05, 3.63) is 42.1 Å². The van der Waals surface area contributed by atoms with Crippen LogP contribution in [0.15, 0.2) is 36.7 Å². The summed E-state index contributed by atoms with van der Waals surface area (Å²) in [5.74, 6) is 0. The Hall–Kier alpha value is -2.17. The maximum Gasteiger partial charge on any atom is 0.190 e. The third kappa shape index (κ3) is 1.35. The molecular formula is C9H8N4O. The molecule has 2 N–H and O–H groups in total. The van der Waals surface area contributed by atoms with E-state index in [0.29, 0.717) is 10.4 Å². The fourth-order valence-corrected chi connectivity index (χ4v) is 1.14. The van der Waals surface area contributed by atoms with Crippen molar-refractivity contribution in [1.82, 2.24) is 14.9 Å². The Morgan fingerprint density at radius 1 is 1.21 bits per heavy atom. The van der Waals surface area contributed by atoms with Crippen LogP contribution >= 0.6 is 0 Å². The first-order valence-corrected chi connectivity index (χ1v) is 4.02. The van der Waals surface area contributed by atoms with Gasteiger partial charge in [-0.2, -0.15) is 4.73 Å². The second kappa shape index (κ2) is 3.29. The molecule has 0 unspecified atom stereocenters. The molecule has 0 fully saturated rings. The lowest BCUT2D eigenvalue weighted by Gasteiger charge is -2.01. The van der Waals surface area contributed by atoms with Crippen LogP contribution in [0.5, 0.6) is 0 Å². The molecule has 2 rings (SSSR count). The number of aromatic nitrogens is 3. The summed E-state index contributed by atoms with van der Waals surface area (Å²) in [6.45, 7) is 0. The van der Waals surface area contributed by atoms with Crippen LogP contribution in [0.3, 0.4) is 0 Å². The minimum absolute atomic E-state index is 0.0776. The molecule has 0 amide bonds. The standard InChI is InChI=1S/C9H8N4O/c10-9-8(12-11-6-13(9)14)7-4-2-1-3-5-7/h1-6,10,14H. The molecule has 0 aliphatic heterocycles. The lowest BCUT2D eigenvalue weighted by molar-refractivity contribution is 0.165. The van der Waals surface area contributed by atoms with Gasteiger partial charge in [-0.15, -0.1) is 10.2 Å². The molecule has 2 aromatic rings. The largest absolute Gasteiger partial charge is 0.425 e. The zero-order valence-corrected chi connectivity index (χ0v) is 7.25. The van der Waals surface area contributed by atoms with Crippen LogP contribution in [0.2, 0.25) is 0 Å². The quantitative estimate of drug-likeness (QED) is 0.645. The molecule has 1 aromatic carbocycles. The molecular weight excluding hydrogens is 180 g/mol. The molecule has 0 aliphatic rings. The van der Waals surface area contributed by atoms with Crippen molar-refractivity contribution in [2.24, 2.45) is 0 Å². The molecule has 1 aromatic heterocycles. The van der Waals surface area contributed by atoms with Crippen LogP contribution in [-0.4, -0.2) is 20.1 Å². The first kappa shape index (κ1) is 8.43. The number of benzene rings is 1. The fraction of sp³-hybridized carbons (Fsp3) is 0. The van der Waals surface area contributed by atoms with E-state index in [2.05, 4.69) is 10.2 Å². The molecule has 70 valence electrons. The van der Waals surface area contributed by atoms with E-state index in [1.165, 1.54) is 0 Å². The van der Waals surface area contributed by atoms with Gasteiger partial charge in [0, 0.05) is 5.56 Å². The number of nitrogens with zero attached hydrogens (tertiary/aromatic N) is 3. The van der Waals surface area contributed by atoms with E-state index in [9.17, 15) is 5.21 Å². The lowest BCUT2D eigenvalue weighted by atomic mass is 10.2. The monoisotopic (exact) mass is 188 g/mol. The lowest BCUT2D eigenvalue weighted by Crippen LogP contribution is -2.21. The molecule has 0 saturated heterocycles. The molecule has 5 nitrogen and oxygen atoms in total. The highest BCUT2D eigenvalue weighted by atomic mass is 16.5. The van der Waals surface area contributed by atoms with Gasteiger partial charge < -0.3 is 5.21 Å². The molecule has 0 aliphatic carbocycles. The predicted octanol–water partition coefficient (Wildman–Crippen LogP) is 0.662. The SMILES string of the molecule is N=c1c(-c2ccccc2)nncn1O. The van der Waals surface area contributed by atoms with Crippen molar-refractivity contribution in [2.45, 2.75) is 0 Å². The van der Waals surface area contributed by atoms with Gasteiger partial charge in [0.15, 0.2) is 11.8 Å². The van der Waals surface area contributed by atoms with Crippen LogP contribution in [0, 0.1) is 5.41 Å². The predicted molar refractivity (Wildman–Crippen MR) is 48.5 cm³/mol. The van der Waals surface area contributed by atoms with Gasteiger partial charge in [-0.05, 0) is 0 Å². The highest BCUT2D eigenvalue weighted by Crippen LogP contribution is 2.09. The smallest absolute Gasteiger partial charge is 0.190 e. The summed E-state index contributed by atoms with van der Waals surface area (Å²) >= 11 is 0. The zero-order valence-electron chi connectivity index (χ0n) is 7.25. The molecule has 14 heavy (non-hydrogen) atoms. The van der Waals surface area contributed by atoms with Gasteiger partial charge in [-0.1, -0.05) is 30.3 Å². The zero-order chi connectivity index (χ0) is 9.97. The second-order valence-electron chi connectivity index (χ2n) is 2.74. The Kier molecular flexibility index (Phi) is 1.98. The minimum Gasteiger partial charge on any atom is -0.425 e. The Morgan fingerprint density at radius 3 is 2.64 bits per heavy atom. The van der Waals surface area contributed by atoms with Crippen LogP contribution in [-0.2, 0) is 0 Å². The van der Waals surface area contributed by atoms with Crippen molar-refractivity contribution < 1.29 is 5.21 Å². The van der Waals surface area contributed by atoms with E-state index in [4.69, 9.17) is 5.41 Å². The van der Waals surface area contributed by atoms with Gasteiger partial charge >= 0.3 is 0 Å². The topological polar surface area (TPSA) is 74.8 Å². The van der Waals surface area contributed by atoms with Gasteiger partial charge in [0.05, 0.1) is 0 Å². The van der Waals surface area contributed by atoms with Crippen LogP contribution < -0.4 is 5.49 Å². The van der Waals surface area contributed by atoms with Gasteiger partial charge in [-0.3, -0.25) is 5.41 Å². The number of hydrogen-bond donors (Lipinski definition) is 2. The van der Waals surface area contributed by atoms with Crippen molar-refractivity contribution in [1.29, 1.82) is 5.41 Å². The first-order valence-electron chi connectivity index (χ1n) is 4.02. The van der Waals surface area contributed by atoms with Crippen molar-refractivity contribution in [3.63, 3.8) is 0 Å². The summed E-state index contributed by atoms with van der Waals surface area (Å²) in [6, 6.07) is 9.16. The van der Waals surface area contributed by atoms with E-state index in [-0.39, 0.29) is 5.49 Å². The van der Waals surface area contributed by atoms with Gasteiger partial charge in [0.2, 0.25) is 0 Å². The molecule has 0 atom stereocenters. The average Bonchev–Trinajstić information content (AvgIpc) is 2.23. The Bertz CT molecular complexity index is 492. The number of rotatable bonds is 1. The third-order valence-corrected chi connectivity index (χ3v) is 1.82. The average molecular weight is 188 g/mol.